The molecule has 0 spiro atoms. The minimum atomic E-state index is -0.488. The molecule has 0 aliphatic carbocycles. The van der Waals surface area contributed by atoms with Crippen LogP contribution >= 0.6 is 0 Å². The maximum Gasteiger partial charge on any atom is 0.296 e. The molecule has 1 aromatic heterocycles. The maximum atomic E-state index is 11.4. The predicted octanol–water partition coefficient (Wildman–Crippen LogP) is 1.58. The number of ether oxygens (including phenoxy) is 1. The lowest BCUT2D eigenvalue weighted by Gasteiger charge is -2.19. The summed E-state index contributed by atoms with van der Waals surface area (Å²) in [7, 11) is 1.83. The summed E-state index contributed by atoms with van der Waals surface area (Å²) in [5.41, 5.74) is 2.51. The zero-order valence-corrected chi connectivity index (χ0v) is 12.6. The lowest BCUT2D eigenvalue weighted by Crippen LogP contribution is -2.25. The van der Waals surface area contributed by atoms with Crippen molar-refractivity contribution in [3.63, 3.8) is 0 Å². The van der Waals surface area contributed by atoms with Gasteiger partial charge in [-0.3, -0.25) is 19.6 Å². The summed E-state index contributed by atoms with van der Waals surface area (Å²) in [6, 6.07) is 2.82. The van der Waals surface area contributed by atoms with Gasteiger partial charge in [0.25, 0.3) is 11.6 Å². The van der Waals surface area contributed by atoms with E-state index in [1.807, 2.05) is 14.0 Å². The third-order valence-corrected chi connectivity index (χ3v) is 3.73. The summed E-state index contributed by atoms with van der Waals surface area (Å²) in [4.78, 5) is 22.2. The topological polar surface area (TPSA) is 111 Å². The number of amides is 1. The molecule has 0 fully saturated rings. The van der Waals surface area contributed by atoms with Crippen molar-refractivity contribution in [2.45, 2.75) is 13.5 Å². The number of carbonyl (C=O) groups excluding carboxylic acids is 1. The van der Waals surface area contributed by atoms with Crippen LogP contribution in [0.1, 0.15) is 11.3 Å². The number of nitrogens with one attached hydrogen (secondary N) is 2. The molecule has 3 rings (SSSR count). The molecule has 120 valence electrons. The second kappa shape index (κ2) is 5.59. The molecular formula is C14H15N5O4. The Balaban J connectivity index is 1.90. The number of anilines is 2. The quantitative estimate of drug-likeness (QED) is 0.654. The summed E-state index contributed by atoms with van der Waals surface area (Å²) in [5, 5.41) is 21.1. The van der Waals surface area contributed by atoms with Gasteiger partial charge in [0.15, 0.2) is 12.4 Å². The van der Waals surface area contributed by atoms with Crippen LogP contribution < -0.4 is 15.4 Å². The van der Waals surface area contributed by atoms with Gasteiger partial charge in [-0.2, -0.15) is 5.10 Å². The number of benzene rings is 1. The van der Waals surface area contributed by atoms with Crippen LogP contribution in [-0.4, -0.2) is 27.2 Å². The highest BCUT2D eigenvalue weighted by atomic mass is 16.6. The number of rotatable bonds is 4. The van der Waals surface area contributed by atoms with Crippen molar-refractivity contribution in [1.29, 1.82) is 0 Å². The molecule has 0 saturated carbocycles. The molecule has 0 atom stereocenters. The first-order valence-corrected chi connectivity index (χ1v) is 6.92. The Labute approximate surface area is 131 Å². The van der Waals surface area contributed by atoms with Crippen LogP contribution in [0.2, 0.25) is 0 Å². The maximum absolute atomic E-state index is 11.4. The molecule has 1 aliphatic rings. The van der Waals surface area contributed by atoms with Gasteiger partial charge in [0.05, 0.1) is 22.9 Å². The van der Waals surface area contributed by atoms with E-state index < -0.39 is 4.92 Å². The van der Waals surface area contributed by atoms with Gasteiger partial charge >= 0.3 is 0 Å². The Morgan fingerprint density at radius 3 is 2.96 bits per heavy atom. The van der Waals surface area contributed by atoms with Crippen molar-refractivity contribution in [1.82, 2.24) is 9.78 Å². The normalized spacial score (nSPS) is 13.0. The Morgan fingerprint density at radius 2 is 2.30 bits per heavy atom. The number of hydrogen-bond donors (Lipinski definition) is 2. The van der Waals surface area contributed by atoms with E-state index in [0.717, 1.165) is 11.3 Å². The first kappa shape index (κ1) is 14.8. The van der Waals surface area contributed by atoms with E-state index in [4.69, 9.17) is 4.74 Å². The number of nitro benzene ring substituents is 1. The zero-order valence-electron chi connectivity index (χ0n) is 12.6. The van der Waals surface area contributed by atoms with Gasteiger partial charge in [0.1, 0.15) is 5.69 Å². The fraction of sp³-hybridized carbons (Fsp3) is 0.286. The van der Waals surface area contributed by atoms with Crippen LogP contribution in [0.4, 0.5) is 17.1 Å². The van der Waals surface area contributed by atoms with Gasteiger partial charge in [0, 0.05) is 24.8 Å². The van der Waals surface area contributed by atoms with Gasteiger partial charge in [-0.15, -0.1) is 0 Å². The molecule has 1 aliphatic heterocycles. The molecule has 1 amide bonds. The number of carbonyl (C=O) groups is 1. The lowest BCUT2D eigenvalue weighted by molar-refractivity contribution is -0.384. The third kappa shape index (κ3) is 2.80. The minimum Gasteiger partial charge on any atom is -0.481 e. The van der Waals surface area contributed by atoms with E-state index >= 15 is 0 Å². The first-order chi connectivity index (χ1) is 11.0. The van der Waals surface area contributed by atoms with E-state index in [1.54, 1.807) is 10.9 Å². The third-order valence-electron chi connectivity index (χ3n) is 3.73. The molecule has 0 radical (unpaired) electrons. The van der Waals surface area contributed by atoms with E-state index in [2.05, 4.69) is 15.7 Å². The van der Waals surface area contributed by atoms with Crippen LogP contribution in [0.15, 0.2) is 18.3 Å². The smallest absolute Gasteiger partial charge is 0.296 e. The fourth-order valence-corrected chi connectivity index (χ4v) is 2.32. The number of hydrogen-bond acceptors (Lipinski definition) is 6. The molecule has 0 unspecified atom stereocenters. The molecule has 2 aromatic rings. The fourth-order valence-electron chi connectivity index (χ4n) is 2.32. The van der Waals surface area contributed by atoms with Crippen LogP contribution in [0, 0.1) is 17.0 Å². The molecule has 23 heavy (non-hydrogen) atoms. The number of nitrogens with zero attached hydrogens (tertiary/aromatic N) is 3. The van der Waals surface area contributed by atoms with Crippen molar-refractivity contribution < 1.29 is 14.5 Å². The number of fused-ring (bicyclic) bond motifs is 1. The van der Waals surface area contributed by atoms with E-state index in [9.17, 15) is 14.9 Å². The van der Waals surface area contributed by atoms with Gasteiger partial charge in [-0.25, -0.2) is 0 Å². The average Bonchev–Trinajstić information content (AvgIpc) is 2.83. The van der Waals surface area contributed by atoms with E-state index in [1.165, 1.54) is 12.1 Å². The summed E-state index contributed by atoms with van der Waals surface area (Å²) in [6.45, 7) is 2.15. The van der Waals surface area contributed by atoms with Gasteiger partial charge in [0.2, 0.25) is 0 Å². The molecule has 9 heteroatoms. The minimum absolute atomic E-state index is 0.110. The SMILES string of the molecule is Cc1c(CNc2cc3c(cc2[N+](=O)[O-])OCC(=O)N3)cnn1C. The molecule has 0 saturated heterocycles. The summed E-state index contributed by atoms with van der Waals surface area (Å²) in [6.07, 6.45) is 1.71. The molecule has 1 aromatic carbocycles. The van der Waals surface area contributed by atoms with Crippen molar-refractivity contribution in [3.05, 3.63) is 39.7 Å². The van der Waals surface area contributed by atoms with Gasteiger partial charge in [-0.1, -0.05) is 0 Å². The Morgan fingerprint density at radius 1 is 1.52 bits per heavy atom. The summed E-state index contributed by atoms with van der Waals surface area (Å²) < 4.78 is 6.94. The van der Waals surface area contributed by atoms with Crippen molar-refractivity contribution in [3.8, 4) is 5.75 Å². The molecule has 2 N–H and O–H groups in total. The molecule has 0 bridgehead atoms. The van der Waals surface area contributed by atoms with Crippen molar-refractivity contribution in [2.75, 3.05) is 17.2 Å². The molecule has 2 heterocycles. The molecule has 9 nitrogen and oxygen atoms in total. The Bertz CT molecular complexity index is 799. The molecular weight excluding hydrogens is 302 g/mol. The van der Waals surface area contributed by atoms with Crippen molar-refractivity contribution in [2.24, 2.45) is 7.05 Å². The standard InChI is InChI=1S/C14H15N5O4/c1-8-9(6-16-18(8)2)5-15-10-3-11-13(4-12(10)19(21)22)23-7-14(20)17-11/h3-4,6,15H,5,7H2,1-2H3,(H,17,20). The Kier molecular flexibility index (Phi) is 3.61. The largest absolute Gasteiger partial charge is 0.481 e. The predicted molar refractivity (Wildman–Crippen MR) is 82.5 cm³/mol. The first-order valence-electron chi connectivity index (χ1n) is 6.92. The van der Waals surface area contributed by atoms with Crippen molar-refractivity contribution >= 4 is 23.0 Å². The van der Waals surface area contributed by atoms with Crippen LogP contribution in [0.5, 0.6) is 5.75 Å². The van der Waals surface area contributed by atoms with Gasteiger partial charge < -0.3 is 15.4 Å². The number of aromatic nitrogens is 2. The summed E-state index contributed by atoms with van der Waals surface area (Å²) in [5.74, 6) is -0.000171. The zero-order chi connectivity index (χ0) is 16.6. The highest BCUT2D eigenvalue weighted by Gasteiger charge is 2.23. The van der Waals surface area contributed by atoms with Crippen LogP contribution in [0.3, 0.4) is 0 Å². The Hall–Kier alpha value is -3.10. The highest BCUT2D eigenvalue weighted by Crippen LogP contribution is 2.38. The second-order valence-corrected chi connectivity index (χ2v) is 5.19. The summed E-state index contributed by atoms with van der Waals surface area (Å²) >= 11 is 0. The lowest BCUT2D eigenvalue weighted by atomic mass is 10.2. The van der Waals surface area contributed by atoms with Crippen LogP contribution in [0.25, 0.3) is 0 Å². The number of aryl methyl sites for hydroxylation is 1. The monoisotopic (exact) mass is 317 g/mol. The van der Waals surface area contributed by atoms with Gasteiger partial charge in [-0.05, 0) is 13.0 Å². The van der Waals surface area contributed by atoms with E-state index in [-0.39, 0.29) is 18.2 Å². The average molecular weight is 317 g/mol. The highest BCUT2D eigenvalue weighted by molar-refractivity contribution is 5.96. The second-order valence-electron chi connectivity index (χ2n) is 5.19. The van der Waals surface area contributed by atoms with E-state index in [0.29, 0.717) is 23.7 Å². The van der Waals surface area contributed by atoms with Crippen LogP contribution in [-0.2, 0) is 18.4 Å². The number of nitro groups is 1.